The Morgan fingerprint density at radius 2 is 1.85 bits per heavy atom. The summed E-state index contributed by atoms with van der Waals surface area (Å²) in [7, 11) is 0. The molecule has 0 radical (unpaired) electrons. The smallest absolute Gasteiger partial charge is 0.276 e. The first kappa shape index (κ1) is 12.9. The lowest BCUT2D eigenvalue weighted by Crippen LogP contribution is -2.06. The van der Waals surface area contributed by atoms with Crippen molar-refractivity contribution in [2.24, 2.45) is 0 Å². The number of hydrogen-bond donors (Lipinski definition) is 1. The molecular weight excluding hydrogens is 285 g/mol. The number of benzene rings is 1. The minimum absolute atomic E-state index is 0.0825. The molecule has 1 aromatic carbocycles. The molecule has 2 aromatic heterocycles. The van der Waals surface area contributed by atoms with Gasteiger partial charge in [0.1, 0.15) is 0 Å². The molecule has 1 N–H and O–H groups in total. The number of nitrogens with one attached hydrogen (secondary N) is 1. The number of nitrogens with zero attached hydrogens (tertiary/aromatic N) is 1. The van der Waals surface area contributed by atoms with Crippen LogP contribution in [0.15, 0.2) is 47.8 Å². The number of hydrogen-bond acceptors (Lipinski definition) is 2. The van der Waals surface area contributed by atoms with Crippen LogP contribution >= 0.6 is 11.3 Å². The molecule has 2 heterocycles. The van der Waals surface area contributed by atoms with E-state index in [0.29, 0.717) is 11.4 Å². The number of halogens is 3. The van der Waals surface area contributed by atoms with E-state index in [1.807, 2.05) is 17.5 Å². The molecule has 6 heteroatoms. The van der Waals surface area contributed by atoms with Crippen LogP contribution in [0.1, 0.15) is 5.56 Å². The molecule has 2 nitrogen and oxygen atoms in total. The van der Waals surface area contributed by atoms with Crippen molar-refractivity contribution in [1.82, 2.24) is 10.2 Å². The minimum atomic E-state index is -4.39. The molecular formula is C14H9F3N2S. The third-order valence-electron chi connectivity index (χ3n) is 2.87. The van der Waals surface area contributed by atoms with Crippen molar-refractivity contribution in [3.63, 3.8) is 0 Å². The van der Waals surface area contributed by atoms with Gasteiger partial charge >= 0.3 is 6.18 Å². The van der Waals surface area contributed by atoms with Crippen LogP contribution < -0.4 is 0 Å². The summed E-state index contributed by atoms with van der Waals surface area (Å²) in [5.74, 6) is 0. The fourth-order valence-corrected chi connectivity index (χ4v) is 2.66. The quantitative estimate of drug-likeness (QED) is 0.721. The van der Waals surface area contributed by atoms with Crippen LogP contribution in [-0.2, 0) is 6.18 Å². The van der Waals surface area contributed by atoms with Gasteiger partial charge in [0.15, 0.2) is 0 Å². The van der Waals surface area contributed by atoms with Gasteiger partial charge in [-0.25, -0.2) is 0 Å². The lowest BCUT2D eigenvalue weighted by molar-refractivity contribution is -0.137. The molecule has 0 aliphatic rings. The highest BCUT2D eigenvalue weighted by molar-refractivity contribution is 7.13. The van der Waals surface area contributed by atoms with E-state index < -0.39 is 11.7 Å². The van der Waals surface area contributed by atoms with Crippen LogP contribution in [0.4, 0.5) is 13.2 Å². The van der Waals surface area contributed by atoms with Crippen molar-refractivity contribution in [2.75, 3.05) is 0 Å². The number of aromatic amines is 1. The van der Waals surface area contributed by atoms with Crippen molar-refractivity contribution >= 4 is 11.3 Å². The normalized spacial score (nSPS) is 11.8. The Morgan fingerprint density at radius 1 is 1.05 bits per heavy atom. The Morgan fingerprint density at radius 3 is 2.55 bits per heavy atom. The molecule has 0 saturated heterocycles. The van der Waals surface area contributed by atoms with Crippen molar-refractivity contribution in [2.45, 2.75) is 6.18 Å². The van der Waals surface area contributed by atoms with Gasteiger partial charge in [0.2, 0.25) is 0 Å². The molecule has 0 fully saturated rings. The Bertz CT molecular complexity index is 714. The largest absolute Gasteiger partial charge is 0.417 e. The summed E-state index contributed by atoms with van der Waals surface area (Å²) < 4.78 is 38.9. The van der Waals surface area contributed by atoms with Crippen molar-refractivity contribution in [3.8, 4) is 21.8 Å². The second-order valence-electron chi connectivity index (χ2n) is 4.19. The van der Waals surface area contributed by atoms with Gasteiger partial charge in [0, 0.05) is 5.56 Å². The van der Waals surface area contributed by atoms with Crippen molar-refractivity contribution in [1.29, 1.82) is 0 Å². The van der Waals surface area contributed by atoms with Gasteiger partial charge in [-0.2, -0.15) is 18.3 Å². The third-order valence-corrected chi connectivity index (χ3v) is 3.78. The summed E-state index contributed by atoms with van der Waals surface area (Å²) in [5, 5.41) is 8.68. The van der Waals surface area contributed by atoms with Crippen LogP contribution in [0.2, 0.25) is 0 Å². The predicted molar refractivity (Wildman–Crippen MR) is 72.3 cm³/mol. The minimum Gasteiger partial charge on any atom is -0.276 e. The zero-order valence-corrected chi connectivity index (χ0v) is 10.9. The van der Waals surface area contributed by atoms with E-state index in [-0.39, 0.29) is 5.56 Å². The maximum absolute atomic E-state index is 13.0. The second-order valence-corrected chi connectivity index (χ2v) is 5.14. The van der Waals surface area contributed by atoms with Crippen LogP contribution in [0, 0.1) is 0 Å². The fourth-order valence-electron chi connectivity index (χ4n) is 1.97. The molecule has 0 atom stereocenters. The number of aromatic nitrogens is 2. The van der Waals surface area contributed by atoms with Crippen LogP contribution in [0.25, 0.3) is 21.8 Å². The first-order chi connectivity index (χ1) is 9.55. The maximum atomic E-state index is 13.0. The zero-order chi connectivity index (χ0) is 14.2. The van der Waals surface area contributed by atoms with Gasteiger partial charge in [-0.1, -0.05) is 24.3 Å². The third kappa shape index (κ3) is 2.34. The second kappa shape index (κ2) is 4.79. The van der Waals surface area contributed by atoms with Gasteiger partial charge < -0.3 is 0 Å². The van der Waals surface area contributed by atoms with Crippen molar-refractivity contribution in [3.05, 3.63) is 53.4 Å². The van der Waals surface area contributed by atoms with Gasteiger partial charge in [0.25, 0.3) is 0 Å². The summed E-state index contributed by atoms with van der Waals surface area (Å²) in [5.41, 5.74) is 0.414. The zero-order valence-electron chi connectivity index (χ0n) is 10.1. The van der Waals surface area contributed by atoms with E-state index in [9.17, 15) is 13.2 Å². The van der Waals surface area contributed by atoms with Gasteiger partial charge in [-0.15, -0.1) is 11.3 Å². The summed E-state index contributed by atoms with van der Waals surface area (Å²) in [6, 6.07) is 10.8. The average molecular weight is 294 g/mol. The predicted octanol–water partition coefficient (Wildman–Crippen LogP) is 4.82. The Kier molecular flexibility index (Phi) is 3.10. The Hall–Kier alpha value is -2.08. The fraction of sp³-hybridized carbons (Fsp3) is 0.0714. The van der Waals surface area contributed by atoms with E-state index in [1.165, 1.54) is 23.5 Å². The number of H-pyrrole nitrogens is 1. The van der Waals surface area contributed by atoms with Gasteiger partial charge in [-0.3, -0.25) is 5.10 Å². The van der Waals surface area contributed by atoms with E-state index in [0.717, 1.165) is 10.9 Å². The number of thiophene rings is 1. The van der Waals surface area contributed by atoms with Crippen molar-refractivity contribution < 1.29 is 13.2 Å². The monoisotopic (exact) mass is 294 g/mol. The lowest BCUT2D eigenvalue weighted by atomic mass is 10.0. The standard InChI is InChI=1S/C14H9F3N2S/c15-14(16,17)10-5-2-1-4-9(10)11-8-12(19-18-11)13-6-3-7-20-13/h1-8H,(H,18,19). The lowest BCUT2D eigenvalue weighted by Gasteiger charge is -2.10. The molecule has 20 heavy (non-hydrogen) atoms. The molecule has 0 saturated carbocycles. The van der Waals surface area contributed by atoms with Gasteiger partial charge in [0.05, 0.1) is 21.8 Å². The highest BCUT2D eigenvalue weighted by atomic mass is 32.1. The number of alkyl halides is 3. The van der Waals surface area contributed by atoms with Crippen LogP contribution in [0.3, 0.4) is 0 Å². The molecule has 0 aliphatic carbocycles. The molecule has 3 rings (SSSR count). The molecule has 0 amide bonds. The molecule has 0 bridgehead atoms. The molecule has 3 aromatic rings. The summed E-state index contributed by atoms with van der Waals surface area (Å²) >= 11 is 1.50. The summed E-state index contributed by atoms with van der Waals surface area (Å²) in [6.45, 7) is 0. The highest BCUT2D eigenvalue weighted by Crippen LogP contribution is 2.37. The SMILES string of the molecule is FC(F)(F)c1ccccc1-c1cc(-c2cccs2)[nH]n1. The number of rotatable bonds is 2. The molecule has 102 valence electrons. The van der Waals surface area contributed by atoms with E-state index in [4.69, 9.17) is 0 Å². The topological polar surface area (TPSA) is 28.7 Å². The Labute approximate surface area is 116 Å². The average Bonchev–Trinajstić information content (AvgIpc) is 3.09. The first-order valence-electron chi connectivity index (χ1n) is 5.81. The Balaban J connectivity index is 2.07. The molecule has 0 aliphatic heterocycles. The first-order valence-corrected chi connectivity index (χ1v) is 6.69. The summed E-state index contributed by atoms with van der Waals surface area (Å²) in [4.78, 5) is 0.938. The summed E-state index contributed by atoms with van der Waals surface area (Å²) in [6.07, 6.45) is -4.39. The van der Waals surface area contributed by atoms with Gasteiger partial charge in [-0.05, 0) is 23.6 Å². The van der Waals surface area contributed by atoms with E-state index in [1.54, 1.807) is 12.1 Å². The van der Waals surface area contributed by atoms with E-state index in [2.05, 4.69) is 10.2 Å². The van der Waals surface area contributed by atoms with Crippen LogP contribution in [0.5, 0.6) is 0 Å². The molecule has 0 unspecified atom stereocenters. The highest BCUT2D eigenvalue weighted by Gasteiger charge is 2.33. The maximum Gasteiger partial charge on any atom is 0.417 e. The van der Waals surface area contributed by atoms with E-state index >= 15 is 0 Å². The molecule has 0 spiro atoms. The van der Waals surface area contributed by atoms with Crippen LogP contribution in [-0.4, -0.2) is 10.2 Å².